The van der Waals surface area contributed by atoms with Crippen LogP contribution in [0, 0.1) is 5.92 Å². The molecule has 0 bridgehead atoms. The Bertz CT molecular complexity index is 396. The molecule has 0 saturated heterocycles. The van der Waals surface area contributed by atoms with Gasteiger partial charge in [0.05, 0.1) is 0 Å². The molecule has 1 N–H and O–H groups in total. The number of nitrogens with zero attached hydrogens (tertiary/aromatic N) is 1. The fourth-order valence-corrected chi connectivity index (χ4v) is 2.67. The van der Waals surface area contributed by atoms with Crippen molar-refractivity contribution in [3.63, 3.8) is 0 Å². The largest absolute Gasteiger partial charge is 0.478 e. The summed E-state index contributed by atoms with van der Waals surface area (Å²) in [4.78, 5) is 14.9. The summed E-state index contributed by atoms with van der Waals surface area (Å²) in [5.41, 5.74) is 0. The molecule has 3 nitrogen and oxygen atoms in total. The molecule has 17 heavy (non-hydrogen) atoms. The number of aliphatic carboxylic acids is 1. The van der Waals surface area contributed by atoms with Crippen molar-refractivity contribution >= 4 is 23.4 Å². The highest BCUT2D eigenvalue weighted by Gasteiger charge is 2.04. The highest BCUT2D eigenvalue weighted by molar-refractivity contribution is 7.12. The minimum Gasteiger partial charge on any atom is -0.478 e. The second-order valence-corrected chi connectivity index (χ2v) is 5.77. The van der Waals surface area contributed by atoms with E-state index in [4.69, 9.17) is 5.11 Å². The predicted octanol–water partition coefficient (Wildman–Crippen LogP) is 2.93. The molecule has 0 aliphatic heterocycles. The topological polar surface area (TPSA) is 40.5 Å². The summed E-state index contributed by atoms with van der Waals surface area (Å²) in [6.45, 7) is 6.39. The molecule has 1 heterocycles. The zero-order valence-corrected chi connectivity index (χ0v) is 11.3. The van der Waals surface area contributed by atoms with E-state index in [1.54, 1.807) is 17.4 Å². The lowest BCUT2D eigenvalue weighted by molar-refractivity contribution is -0.131. The van der Waals surface area contributed by atoms with Crippen molar-refractivity contribution in [2.75, 3.05) is 13.6 Å². The standard InChI is InChI=1S/C13H19NO2S/c1-10(2)8-14(3)9-12-5-4-11(17-12)6-7-13(15)16/h4-7,10H,8-9H2,1-3H3,(H,15,16). The van der Waals surface area contributed by atoms with Crippen LogP contribution in [0.1, 0.15) is 23.6 Å². The summed E-state index contributed by atoms with van der Waals surface area (Å²) in [6.07, 6.45) is 2.81. The fourth-order valence-electron chi connectivity index (χ4n) is 1.68. The Hall–Kier alpha value is -1.13. The van der Waals surface area contributed by atoms with Gasteiger partial charge in [0.15, 0.2) is 0 Å². The van der Waals surface area contributed by atoms with E-state index in [1.807, 2.05) is 6.07 Å². The van der Waals surface area contributed by atoms with Gasteiger partial charge in [-0.1, -0.05) is 13.8 Å². The number of rotatable bonds is 6. The van der Waals surface area contributed by atoms with Gasteiger partial charge in [0.1, 0.15) is 0 Å². The van der Waals surface area contributed by atoms with E-state index < -0.39 is 5.97 Å². The molecule has 0 saturated carbocycles. The molecule has 0 radical (unpaired) electrons. The molecule has 0 aliphatic carbocycles. The molecule has 1 aromatic heterocycles. The van der Waals surface area contributed by atoms with Crippen LogP contribution in [0.25, 0.3) is 6.08 Å². The first-order valence-electron chi connectivity index (χ1n) is 5.65. The van der Waals surface area contributed by atoms with E-state index in [1.165, 1.54) is 11.0 Å². The van der Waals surface area contributed by atoms with Crippen molar-refractivity contribution in [3.8, 4) is 0 Å². The summed E-state index contributed by atoms with van der Waals surface area (Å²) in [5, 5.41) is 8.54. The summed E-state index contributed by atoms with van der Waals surface area (Å²) in [7, 11) is 2.10. The minimum atomic E-state index is -0.906. The minimum absolute atomic E-state index is 0.659. The molecule has 94 valence electrons. The third-order valence-electron chi connectivity index (χ3n) is 2.18. The maximum atomic E-state index is 10.4. The maximum absolute atomic E-state index is 10.4. The van der Waals surface area contributed by atoms with Crippen molar-refractivity contribution in [2.45, 2.75) is 20.4 Å². The van der Waals surface area contributed by atoms with E-state index in [9.17, 15) is 4.79 Å². The first-order valence-corrected chi connectivity index (χ1v) is 6.47. The molecule has 0 spiro atoms. The lowest BCUT2D eigenvalue weighted by Gasteiger charge is -2.17. The Morgan fingerprint density at radius 2 is 2.24 bits per heavy atom. The monoisotopic (exact) mass is 253 g/mol. The molecule has 0 aliphatic rings. The number of carboxylic acids is 1. The molecule has 1 aromatic rings. The molecule has 1 rings (SSSR count). The predicted molar refractivity (Wildman–Crippen MR) is 72.2 cm³/mol. The van der Waals surface area contributed by atoms with Crippen molar-refractivity contribution in [1.82, 2.24) is 4.90 Å². The van der Waals surface area contributed by atoms with Crippen LogP contribution in [0.15, 0.2) is 18.2 Å². The van der Waals surface area contributed by atoms with Crippen LogP contribution in [0.2, 0.25) is 0 Å². The smallest absolute Gasteiger partial charge is 0.328 e. The summed E-state index contributed by atoms with van der Waals surface area (Å²) < 4.78 is 0. The van der Waals surface area contributed by atoms with Gasteiger partial charge >= 0.3 is 5.97 Å². The molecule has 0 amide bonds. The third-order valence-corrected chi connectivity index (χ3v) is 3.21. The number of thiophene rings is 1. The second kappa shape index (κ2) is 6.57. The van der Waals surface area contributed by atoms with Crippen molar-refractivity contribution in [2.24, 2.45) is 5.92 Å². The van der Waals surface area contributed by atoms with Crippen molar-refractivity contribution in [1.29, 1.82) is 0 Å². The zero-order valence-electron chi connectivity index (χ0n) is 10.5. The highest BCUT2D eigenvalue weighted by atomic mass is 32.1. The Kier molecular flexibility index (Phi) is 5.38. The Labute approximate surface area is 106 Å². The van der Waals surface area contributed by atoms with Crippen LogP contribution in [-0.4, -0.2) is 29.6 Å². The lowest BCUT2D eigenvalue weighted by Crippen LogP contribution is -2.22. The Balaban J connectivity index is 2.53. The first kappa shape index (κ1) is 13.9. The first-order chi connectivity index (χ1) is 7.97. The Morgan fingerprint density at radius 3 is 2.82 bits per heavy atom. The van der Waals surface area contributed by atoms with Crippen LogP contribution < -0.4 is 0 Å². The van der Waals surface area contributed by atoms with E-state index >= 15 is 0 Å². The summed E-state index contributed by atoms with van der Waals surface area (Å²) >= 11 is 1.64. The molecule has 0 fully saturated rings. The number of hydrogen-bond acceptors (Lipinski definition) is 3. The molecule has 0 atom stereocenters. The molecule has 0 unspecified atom stereocenters. The molecule has 0 aromatic carbocycles. The van der Waals surface area contributed by atoms with E-state index in [0.717, 1.165) is 18.0 Å². The number of carbonyl (C=O) groups is 1. The molecular weight excluding hydrogens is 234 g/mol. The summed E-state index contributed by atoms with van der Waals surface area (Å²) in [6, 6.07) is 4.02. The second-order valence-electron chi connectivity index (χ2n) is 4.57. The number of hydrogen-bond donors (Lipinski definition) is 1. The van der Waals surface area contributed by atoms with E-state index in [-0.39, 0.29) is 0 Å². The maximum Gasteiger partial charge on any atom is 0.328 e. The summed E-state index contributed by atoms with van der Waals surface area (Å²) in [5.74, 6) is -0.247. The fraction of sp³-hybridized carbons (Fsp3) is 0.462. The van der Waals surface area contributed by atoms with E-state index in [2.05, 4.69) is 31.9 Å². The van der Waals surface area contributed by atoms with Crippen LogP contribution in [0.5, 0.6) is 0 Å². The molecular formula is C13H19NO2S. The van der Waals surface area contributed by atoms with Crippen LogP contribution in [0.3, 0.4) is 0 Å². The van der Waals surface area contributed by atoms with Gasteiger partial charge < -0.3 is 10.0 Å². The zero-order chi connectivity index (χ0) is 12.8. The van der Waals surface area contributed by atoms with Crippen LogP contribution in [-0.2, 0) is 11.3 Å². The third kappa shape index (κ3) is 5.65. The normalized spacial score (nSPS) is 11.8. The van der Waals surface area contributed by atoms with E-state index in [0.29, 0.717) is 5.92 Å². The SMILES string of the molecule is CC(C)CN(C)Cc1ccc(C=CC(=O)O)s1. The van der Waals surface area contributed by atoms with Crippen molar-refractivity contribution in [3.05, 3.63) is 28.0 Å². The van der Waals surface area contributed by atoms with Crippen molar-refractivity contribution < 1.29 is 9.90 Å². The van der Waals surface area contributed by atoms with Crippen LogP contribution >= 0.6 is 11.3 Å². The van der Waals surface area contributed by atoms with Gasteiger partial charge in [0.2, 0.25) is 0 Å². The van der Waals surface area contributed by atoms with Crippen LogP contribution in [0.4, 0.5) is 0 Å². The lowest BCUT2D eigenvalue weighted by atomic mass is 10.2. The van der Waals surface area contributed by atoms with Gasteiger partial charge in [-0.3, -0.25) is 0 Å². The highest BCUT2D eigenvalue weighted by Crippen LogP contribution is 2.19. The van der Waals surface area contributed by atoms with Gasteiger partial charge in [-0.05, 0) is 31.2 Å². The quantitative estimate of drug-likeness (QED) is 0.792. The number of carboxylic acid groups (broad SMARTS) is 1. The van der Waals surface area contributed by atoms with Gasteiger partial charge in [-0.25, -0.2) is 4.79 Å². The van der Waals surface area contributed by atoms with Gasteiger partial charge in [0.25, 0.3) is 0 Å². The van der Waals surface area contributed by atoms with Gasteiger partial charge in [-0.2, -0.15) is 0 Å². The Morgan fingerprint density at radius 1 is 1.53 bits per heavy atom. The average Bonchev–Trinajstić information content (AvgIpc) is 2.61. The van der Waals surface area contributed by atoms with Gasteiger partial charge in [0, 0.05) is 28.9 Å². The average molecular weight is 253 g/mol. The molecule has 4 heteroatoms. The van der Waals surface area contributed by atoms with Gasteiger partial charge in [-0.15, -0.1) is 11.3 Å².